The highest BCUT2D eigenvalue weighted by Gasteiger charge is 2.38. The molecule has 0 spiro atoms. The number of rotatable bonds is 5. The maximum absolute atomic E-state index is 13.7. The lowest BCUT2D eigenvalue weighted by atomic mass is 10.1. The van der Waals surface area contributed by atoms with Gasteiger partial charge >= 0.3 is 6.09 Å². The predicted molar refractivity (Wildman–Crippen MR) is 136 cm³/mol. The number of hydrogen-bond acceptors (Lipinski definition) is 8. The van der Waals surface area contributed by atoms with E-state index in [-0.39, 0.29) is 31.5 Å². The summed E-state index contributed by atoms with van der Waals surface area (Å²) >= 11 is 0. The van der Waals surface area contributed by atoms with Gasteiger partial charge in [0.05, 0.1) is 44.0 Å². The predicted octanol–water partition coefficient (Wildman–Crippen LogP) is 3.02. The van der Waals surface area contributed by atoms with Crippen LogP contribution < -0.4 is 10.2 Å². The Hall–Kier alpha value is -4.62. The van der Waals surface area contributed by atoms with E-state index in [2.05, 4.69) is 25.8 Å². The quantitative estimate of drug-likeness (QED) is 0.412. The van der Waals surface area contributed by atoms with Crippen molar-refractivity contribution in [2.45, 2.75) is 25.3 Å². The van der Waals surface area contributed by atoms with Gasteiger partial charge in [-0.1, -0.05) is 12.1 Å². The Morgan fingerprint density at radius 2 is 2.00 bits per heavy atom. The van der Waals surface area contributed by atoms with Crippen LogP contribution in [-0.2, 0) is 4.74 Å². The van der Waals surface area contributed by atoms with Crippen molar-refractivity contribution in [3.05, 3.63) is 53.9 Å². The minimum atomic E-state index is -2.73. The van der Waals surface area contributed by atoms with Gasteiger partial charge in [-0.15, -0.1) is 10.2 Å². The first-order valence-electron chi connectivity index (χ1n) is 12.4. The number of pyridine rings is 1. The van der Waals surface area contributed by atoms with Crippen LogP contribution in [0.4, 0.5) is 25.0 Å². The number of benzene rings is 1. The third-order valence-corrected chi connectivity index (χ3v) is 7.08. The number of nitrogens with one attached hydrogen (secondary N) is 1. The molecule has 0 aliphatic carbocycles. The molecule has 0 atom stereocenters. The number of methoxy groups -OCH3 is 1. The Morgan fingerprint density at radius 1 is 1.18 bits per heavy atom. The average Bonchev–Trinajstić information content (AvgIpc) is 3.62. The molecule has 1 N–H and O–H groups in total. The molecule has 2 amide bonds. The summed E-state index contributed by atoms with van der Waals surface area (Å²) in [7, 11) is 1.33. The lowest BCUT2D eigenvalue weighted by Crippen LogP contribution is -2.51. The fourth-order valence-electron chi connectivity index (χ4n) is 4.76. The van der Waals surface area contributed by atoms with Gasteiger partial charge in [-0.25, -0.2) is 18.1 Å². The summed E-state index contributed by atoms with van der Waals surface area (Å²) in [5, 5.41) is 19.9. The first-order valence-corrected chi connectivity index (χ1v) is 12.4. The Morgan fingerprint density at radius 3 is 2.74 bits per heavy atom. The maximum atomic E-state index is 13.7. The third kappa shape index (κ3) is 4.62. The second-order valence-corrected chi connectivity index (χ2v) is 9.75. The summed E-state index contributed by atoms with van der Waals surface area (Å²) in [5.41, 5.74) is 3.48. The summed E-state index contributed by atoms with van der Waals surface area (Å²) in [4.78, 5) is 29.5. The number of tetrazole rings is 1. The van der Waals surface area contributed by atoms with Crippen molar-refractivity contribution in [3.63, 3.8) is 0 Å². The number of anilines is 2. The number of aromatic nitrogens is 6. The highest BCUT2D eigenvalue weighted by Crippen LogP contribution is 2.32. The van der Waals surface area contributed by atoms with E-state index in [1.165, 1.54) is 23.0 Å². The monoisotopic (exact) mass is 537 g/mol. The van der Waals surface area contributed by atoms with Crippen molar-refractivity contribution in [3.8, 4) is 11.4 Å². The molecule has 6 rings (SSSR count). The summed E-state index contributed by atoms with van der Waals surface area (Å²) in [6.45, 7) is 2.61. The zero-order valence-electron chi connectivity index (χ0n) is 21.2. The van der Waals surface area contributed by atoms with Crippen molar-refractivity contribution in [1.29, 1.82) is 0 Å². The third-order valence-electron chi connectivity index (χ3n) is 7.08. The molecule has 0 saturated carbocycles. The molecule has 5 heterocycles. The molecular formula is C25H25F2N9O3. The molecule has 0 bridgehead atoms. The first-order chi connectivity index (χ1) is 18.7. The Kier molecular flexibility index (Phi) is 5.88. The molecule has 2 aliphatic rings. The molecule has 39 heavy (non-hydrogen) atoms. The largest absolute Gasteiger partial charge is 0.453 e. The van der Waals surface area contributed by atoms with Crippen LogP contribution in [0.15, 0.2) is 42.7 Å². The molecule has 14 heteroatoms. The fraction of sp³-hybridized carbons (Fsp3) is 0.360. The summed E-state index contributed by atoms with van der Waals surface area (Å²) < 4.78 is 33.7. The molecule has 3 aromatic heterocycles. The second-order valence-electron chi connectivity index (χ2n) is 9.75. The van der Waals surface area contributed by atoms with Crippen molar-refractivity contribution >= 4 is 28.9 Å². The zero-order valence-corrected chi connectivity index (χ0v) is 21.2. The molecule has 4 aromatic rings. The Labute approximate surface area is 221 Å². The van der Waals surface area contributed by atoms with Crippen LogP contribution in [-0.4, -0.2) is 85.9 Å². The van der Waals surface area contributed by atoms with E-state index >= 15 is 0 Å². The normalized spacial score (nSPS) is 16.9. The molecule has 0 unspecified atom stereocenters. The van der Waals surface area contributed by atoms with E-state index in [1.807, 2.05) is 19.1 Å². The number of likely N-dealkylation sites (tertiary alicyclic amines) is 1. The van der Waals surface area contributed by atoms with Crippen LogP contribution in [0, 0.1) is 6.92 Å². The summed E-state index contributed by atoms with van der Waals surface area (Å²) in [6.07, 6.45) is 2.52. The molecule has 202 valence electrons. The number of ether oxygens (including phenoxy) is 1. The number of amides is 2. The number of carbonyl (C=O) groups excluding carboxylic acids is 2. The number of halogens is 2. The number of aryl methyl sites for hydroxylation is 1. The standard InChI is InChI=1S/C25H25F2N9O3/c1-15-3-4-16(22-30-32-36(31-22)18-12-34(13-18)24(38)39-2)9-20(15)29-23(37)19-11-28-35-7-5-17(10-21(19)35)33-8-6-25(26,27)14-33/h3-5,7,9-11,18H,6,8,12-14H2,1-2H3,(H,29,37). The van der Waals surface area contributed by atoms with E-state index in [0.29, 0.717) is 46.9 Å². The van der Waals surface area contributed by atoms with Crippen molar-refractivity contribution in [1.82, 2.24) is 34.7 Å². The highest BCUT2D eigenvalue weighted by molar-refractivity contribution is 6.09. The van der Waals surface area contributed by atoms with Crippen LogP contribution in [0.2, 0.25) is 0 Å². The van der Waals surface area contributed by atoms with Crippen molar-refractivity contribution < 1.29 is 23.1 Å². The van der Waals surface area contributed by atoms with E-state index in [1.54, 1.807) is 33.8 Å². The molecule has 2 fully saturated rings. The topological polar surface area (TPSA) is 123 Å². The van der Waals surface area contributed by atoms with Gasteiger partial charge in [0.1, 0.15) is 6.04 Å². The van der Waals surface area contributed by atoms with Crippen LogP contribution in [0.1, 0.15) is 28.4 Å². The smallest absolute Gasteiger partial charge is 0.409 e. The van der Waals surface area contributed by atoms with E-state index < -0.39 is 12.0 Å². The molecular weight excluding hydrogens is 512 g/mol. The van der Waals surface area contributed by atoms with Gasteiger partial charge < -0.3 is 19.9 Å². The van der Waals surface area contributed by atoms with Gasteiger partial charge in [0.25, 0.3) is 11.8 Å². The van der Waals surface area contributed by atoms with Crippen LogP contribution in [0.25, 0.3) is 16.9 Å². The second kappa shape index (κ2) is 9.29. The van der Waals surface area contributed by atoms with Gasteiger partial charge in [-0.2, -0.15) is 9.90 Å². The molecule has 1 aromatic carbocycles. The lowest BCUT2D eigenvalue weighted by Gasteiger charge is -2.36. The highest BCUT2D eigenvalue weighted by atomic mass is 19.3. The lowest BCUT2D eigenvalue weighted by molar-refractivity contribution is 0.0257. The molecule has 0 radical (unpaired) electrons. The summed E-state index contributed by atoms with van der Waals surface area (Å²) in [5.74, 6) is -2.73. The minimum absolute atomic E-state index is 0.0951. The van der Waals surface area contributed by atoms with Gasteiger partial charge in [0, 0.05) is 36.1 Å². The zero-order chi connectivity index (χ0) is 27.3. The van der Waals surface area contributed by atoms with Gasteiger partial charge in [0.15, 0.2) is 0 Å². The molecule has 12 nitrogen and oxygen atoms in total. The van der Waals surface area contributed by atoms with E-state index in [0.717, 1.165) is 5.56 Å². The first kappa shape index (κ1) is 24.7. The van der Waals surface area contributed by atoms with Gasteiger partial charge in [-0.3, -0.25) is 4.79 Å². The number of fused-ring (bicyclic) bond motifs is 1. The van der Waals surface area contributed by atoms with Crippen molar-refractivity contribution in [2.75, 3.05) is 43.5 Å². The maximum Gasteiger partial charge on any atom is 0.409 e. The summed E-state index contributed by atoms with van der Waals surface area (Å²) in [6, 6.07) is 8.77. The van der Waals surface area contributed by atoms with Crippen molar-refractivity contribution in [2.24, 2.45) is 0 Å². The SMILES string of the molecule is COC(=O)N1CC(n2nnc(-c3ccc(C)c(NC(=O)c4cnn5ccc(N6CCC(F)(F)C6)cc45)c3)n2)C1. The number of alkyl halides is 2. The Bertz CT molecular complexity index is 1580. The number of nitrogens with zero attached hydrogens (tertiary/aromatic N) is 8. The van der Waals surface area contributed by atoms with E-state index in [4.69, 9.17) is 4.74 Å². The molecule has 2 aliphatic heterocycles. The number of hydrogen-bond donors (Lipinski definition) is 1. The van der Waals surface area contributed by atoms with Crippen LogP contribution >= 0.6 is 0 Å². The van der Waals surface area contributed by atoms with Crippen LogP contribution in [0.5, 0.6) is 0 Å². The van der Waals surface area contributed by atoms with E-state index in [9.17, 15) is 18.4 Å². The minimum Gasteiger partial charge on any atom is -0.453 e. The average molecular weight is 538 g/mol. The molecule has 2 saturated heterocycles. The number of carbonyl (C=O) groups is 2. The fourth-order valence-corrected chi connectivity index (χ4v) is 4.76. The Balaban J connectivity index is 1.20. The van der Waals surface area contributed by atoms with Crippen LogP contribution in [0.3, 0.4) is 0 Å². The van der Waals surface area contributed by atoms with Gasteiger partial charge in [-0.05, 0) is 35.9 Å². The van der Waals surface area contributed by atoms with Gasteiger partial charge in [0.2, 0.25) is 5.82 Å².